The minimum Gasteiger partial charge on any atom is -0.310 e. The summed E-state index contributed by atoms with van der Waals surface area (Å²) in [5.41, 5.74) is 12.3. The van der Waals surface area contributed by atoms with Crippen LogP contribution in [0.25, 0.3) is 61.0 Å². The summed E-state index contributed by atoms with van der Waals surface area (Å²) >= 11 is 0. The minimum atomic E-state index is 0.868. The summed E-state index contributed by atoms with van der Waals surface area (Å²) in [6, 6.07) is 63.7. The summed E-state index contributed by atoms with van der Waals surface area (Å²) in [5.74, 6) is 0. The zero-order valence-electron chi connectivity index (χ0n) is 26.1. The highest BCUT2D eigenvalue weighted by Gasteiger charge is 2.18. The molecule has 7 aromatic carbocycles. The van der Waals surface area contributed by atoms with E-state index < -0.39 is 0 Å². The van der Waals surface area contributed by atoms with Gasteiger partial charge in [-0.05, 0) is 72.8 Å². The fourth-order valence-electron chi connectivity index (χ4n) is 6.75. The van der Waals surface area contributed by atoms with E-state index in [0.29, 0.717) is 0 Å². The third-order valence-corrected chi connectivity index (χ3v) is 8.96. The number of fused-ring (bicyclic) bond motifs is 4. The van der Waals surface area contributed by atoms with Gasteiger partial charge in [-0.25, -0.2) is 9.97 Å². The van der Waals surface area contributed by atoms with Crippen molar-refractivity contribution in [3.8, 4) is 28.2 Å². The van der Waals surface area contributed by atoms with Crippen LogP contribution in [-0.2, 0) is 0 Å². The molecule has 2 heterocycles. The monoisotopic (exact) mass is 614 g/mol. The van der Waals surface area contributed by atoms with Crippen LogP contribution in [0.3, 0.4) is 0 Å². The Bertz CT molecular complexity index is 2540. The lowest BCUT2D eigenvalue weighted by Crippen LogP contribution is -2.09. The maximum atomic E-state index is 5.12. The normalized spacial score (nSPS) is 11.3. The van der Waals surface area contributed by atoms with Gasteiger partial charge in [0, 0.05) is 44.6 Å². The van der Waals surface area contributed by atoms with Crippen molar-refractivity contribution < 1.29 is 0 Å². The van der Waals surface area contributed by atoms with Crippen LogP contribution in [0.5, 0.6) is 0 Å². The van der Waals surface area contributed by atoms with Crippen LogP contribution in [-0.4, -0.2) is 14.5 Å². The fraction of sp³-hybridized carbons (Fsp3) is 0. The first-order chi connectivity index (χ1) is 23.8. The standard InChI is InChI=1S/C44H30N4/c1-4-14-31(15-5-1)43-44(46-40-22-12-11-21-39(40)45-43)32-24-26-35(27-25-32)47(33-16-6-2-7-17-33)36-28-29-42-38(30-36)37-20-10-13-23-41(37)48(42)34-18-8-3-9-19-34/h1-30H. The average molecular weight is 615 g/mol. The second-order valence-corrected chi connectivity index (χ2v) is 11.9. The van der Waals surface area contributed by atoms with Crippen LogP contribution in [0.2, 0.25) is 0 Å². The molecule has 4 nitrogen and oxygen atoms in total. The number of benzene rings is 7. The van der Waals surface area contributed by atoms with Gasteiger partial charge in [0.15, 0.2) is 0 Å². The van der Waals surface area contributed by atoms with Gasteiger partial charge < -0.3 is 9.47 Å². The molecule has 0 aliphatic carbocycles. The Hall–Kier alpha value is -6.52. The first-order valence-corrected chi connectivity index (χ1v) is 16.2. The van der Waals surface area contributed by atoms with Crippen molar-refractivity contribution in [3.05, 3.63) is 182 Å². The molecule has 9 aromatic rings. The number of rotatable bonds is 6. The largest absolute Gasteiger partial charge is 0.310 e. The molecule has 0 saturated heterocycles. The maximum Gasteiger partial charge on any atom is 0.0973 e. The van der Waals surface area contributed by atoms with Gasteiger partial charge in [0.05, 0.1) is 33.5 Å². The lowest BCUT2D eigenvalue weighted by molar-refractivity contribution is 1.18. The summed E-state index contributed by atoms with van der Waals surface area (Å²) in [6.45, 7) is 0. The fourth-order valence-corrected chi connectivity index (χ4v) is 6.75. The van der Waals surface area contributed by atoms with E-state index in [4.69, 9.17) is 9.97 Å². The first kappa shape index (κ1) is 27.8. The maximum absolute atomic E-state index is 5.12. The van der Waals surface area contributed by atoms with E-state index in [9.17, 15) is 0 Å². The molecule has 0 aliphatic rings. The van der Waals surface area contributed by atoms with E-state index in [2.05, 4.69) is 149 Å². The Kier molecular flexibility index (Phi) is 6.76. The number of hydrogen-bond donors (Lipinski definition) is 0. The van der Waals surface area contributed by atoms with E-state index in [1.54, 1.807) is 0 Å². The lowest BCUT2D eigenvalue weighted by Gasteiger charge is -2.26. The van der Waals surface area contributed by atoms with Crippen molar-refractivity contribution in [3.63, 3.8) is 0 Å². The summed E-state index contributed by atoms with van der Waals surface area (Å²) < 4.78 is 2.35. The number of aromatic nitrogens is 3. The molecule has 0 atom stereocenters. The molecular weight excluding hydrogens is 585 g/mol. The molecule has 0 spiro atoms. The predicted octanol–water partition coefficient (Wildman–Crippen LogP) is 11.5. The average Bonchev–Trinajstić information content (AvgIpc) is 3.50. The predicted molar refractivity (Wildman–Crippen MR) is 199 cm³/mol. The van der Waals surface area contributed by atoms with Gasteiger partial charge in [-0.15, -0.1) is 0 Å². The quantitative estimate of drug-likeness (QED) is 0.187. The zero-order valence-corrected chi connectivity index (χ0v) is 26.1. The van der Waals surface area contributed by atoms with Gasteiger partial charge in [0.25, 0.3) is 0 Å². The van der Waals surface area contributed by atoms with Gasteiger partial charge in [-0.3, -0.25) is 0 Å². The Balaban J connectivity index is 1.19. The third kappa shape index (κ3) is 4.79. The number of nitrogens with zero attached hydrogens (tertiary/aromatic N) is 4. The SMILES string of the molecule is c1ccc(-c2nc3ccccc3nc2-c2ccc(N(c3ccccc3)c3ccc4c(c3)c3ccccc3n4-c3ccccc3)cc2)cc1. The highest BCUT2D eigenvalue weighted by Crippen LogP contribution is 2.40. The summed E-state index contributed by atoms with van der Waals surface area (Å²) in [7, 11) is 0. The summed E-state index contributed by atoms with van der Waals surface area (Å²) in [5, 5.41) is 2.44. The lowest BCUT2D eigenvalue weighted by atomic mass is 10.0. The molecule has 0 radical (unpaired) electrons. The number of hydrogen-bond acceptors (Lipinski definition) is 3. The molecule has 226 valence electrons. The van der Waals surface area contributed by atoms with Crippen molar-refractivity contribution >= 4 is 49.9 Å². The van der Waals surface area contributed by atoms with E-state index >= 15 is 0 Å². The van der Waals surface area contributed by atoms with Crippen LogP contribution >= 0.6 is 0 Å². The number of para-hydroxylation sites is 5. The van der Waals surface area contributed by atoms with Gasteiger partial charge in [0.2, 0.25) is 0 Å². The van der Waals surface area contributed by atoms with Crippen LogP contribution < -0.4 is 4.90 Å². The third-order valence-electron chi connectivity index (χ3n) is 8.96. The number of anilines is 3. The smallest absolute Gasteiger partial charge is 0.0973 e. The van der Waals surface area contributed by atoms with Crippen molar-refractivity contribution in [1.82, 2.24) is 14.5 Å². The first-order valence-electron chi connectivity index (χ1n) is 16.2. The van der Waals surface area contributed by atoms with Crippen LogP contribution in [0.4, 0.5) is 17.1 Å². The van der Waals surface area contributed by atoms with Gasteiger partial charge in [0.1, 0.15) is 0 Å². The molecule has 48 heavy (non-hydrogen) atoms. The Labute approximate surface area is 278 Å². The van der Waals surface area contributed by atoms with Gasteiger partial charge in [-0.2, -0.15) is 0 Å². The molecule has 0 bridgehead atoms. The topological polar surface area (TPSA) is 34.0 Å². The van der Waals surface area contributed by atoms with Crippen LogP contribution in [0.1, 0.15) is 0 Å². The van der Waals surface area contributed by atoms with Crippen molar-refractivity contribution in [2.24, 2.45) is 0 Å². The van der Waals surface area contributed by atoms with E-state index in [1.807, 2.05) is 42.5 Å². The Morgan fingerprint density at radius 1 is 0.375 bits per heavy atom. The van der Waals surface area contributed by atoms with Crippen LogP contribution in [0.15, 0.2) is 182 Å². The molecule has 0 fully saturated rings. The highest BCUT2D eigenvalue weighted by molar-refractivity contribution is 6.10. The minimum absolute atomic E-state index is 0.868. The molecular formula is C44H30N4. The van der Waals surface area contributed by atoms with E-state index in [-0.39, 0.29) is 0 Å². The van der Waals surface area contributed by atoms with Crippen LogP contribution in [0, 0.1) is 0 Å². The second-order valence-electron chi connectivity index (χ2n) is 11.9. The molecule has 0 unspecified atom stereocenters. The highest BCUT2D eigenvalue weighted by atomic mass is 15.1. The van der Waals surface area contributed by atoms with Crippen molar-refractivity contribution in [2.45, 2.75) is 0 Å². The molecule has 4 heteroatoms. The molecule has 9 rings (SSSR count). The van der Waals surface area contributed by atoms with E-state index in [1.165, 1.54) is 21.8 Å². The molecule has 0 N–H and O–H groups in total. The molecule has 0 aliphatic heterocycles. The summed E-state index contributed by atoms with van der Waals surface area (Å²) in [6.07, 6.45) is 0. The van der Waals surface area contributed by atoms with Gasteiger partial charge >= 0.3 is 0 Å². The van der Waals surface area contributed by atoms with Crippen molar-refractivity contribution in [2.75, 3.05) is 4.90 Å². The zero-order chi connectivity index (χ0) is 31.9. The van der Waals surface area contributed by atoms with Crippen molar-refractivity contribution in [1.29, 1.82) is 0 Å². The molecule has 0 amide bonds. The Morgan fingerprint density at radius 3 is 1.56 bits per heavy atom. The molecule has 2 aromatic heterocycles. The Morgan fingerprint density at radius 2 is 0.875 bits per heavy atom. The van der Waals surface area contributed by atoms with Gasteiger partial charge in [-0.1, -0.05) is 109 Å². The molecule has 0 saturated carbocycles. The summed E-state index contributed by atoms with van der Waals surface area (Å²) in [4.78, 5) is 12.5. The van der Waals surface area contributed by atoms with E-state index in [0.717, 1.165) is 56.3 Å². The second kappa shape index (κ2) is 11.7.